The monoisotopic (exact) mass is 286 g/mol. The second-order valence-corrected chi connectivity index (χ2v) is 5.54. The van der Waals surface area contributed by atoms with E-state index in [0.29, 0.717) is 0 Å². The normalized spacial score (nSPS) is 12.0. The van der Waals surface area contributed by atoms with Crippen LogP contribution in [0.2, 0.25) is 0 Å². The molecule has 0 radical (unpaired) electrons. The summed E-state index contributed by atoms with van der Waals surface area (Å²) < 4.78 is 5.52. The molecule has 0 aliphatic carbocycles. The molecule has 4 heteroatoms. The molecule has 0 aliphatic rings. The van der Waals surface area contributed by atoms with Crippen molar-refractivity contribution in [2.75, 3.05) is 5.32 Å². The number of carbonyl (C=O) groups excluding carboxylic acids is 1. The zero-order valence-corrected chi connectivity index (χ0v) is 13.2. The van der Waals surface area contributed by atoms with Crippen molar-refractivity contribution in [2.45, 2.75) is 40.7 Å². The Balaban J connectivity index is 2.05. The van der Waals surface area contributed by atoms with Crippen LogP contribution in [0.25, 0.3) is 0 Å². The average molecular weight is 286 g/mol. The summed E-state index contributed by atoms with van der Waals surface area (Å²) in [5.74, 6) is 1.59. The van der Waals surface area contributed by atoms with Crippen LogP contribution in [0.3, 0.4) is 0 Å². The van der Waals surface area contributed by atoms with Gasteiger partial charge in [-0.05, 0) is 57.9 Å². The Morgan fingerprint density at radius 3 is 2.24 bits per heavy atom. The largest absolute Gasteiger partial charge is 0.464 e. The lowest BCUT2D eigenvalue weighted by atomic mass is 10.1. The molecule has 0 bridgehead atoms. The maximum absolute atomic E-state index is 12.1. The summed E-state index contributed by atoms with van der Waals surface area (Å²) in [5, 5.41) is 5.80. The Bertz CT molecular complexity index is 636. The number of amides is 2. The van der Waals surface area contributed by atoms with Crippen molar-refractivity contribution in [3.8, 4) is 0 Å². The van der Waals surface area contributed by atoms with Gasteiger partial charge in [0.2, 0.25) is 0 Å². The molecule has 2 aromatic rings. The van der Waals surface area contributed by atoms with Gasteiger partial charge in [0.15, 0.2) is 0 Å². The first kappa shape index (κ1) is 15.2. The Morgan fingerprint density at radius 2 is 1.71 bits per heavy atom. The van der Waals surface area contributed by atoms with Crippen LogP contribution in [-0.4, -0.2) is 6.03 Å². The summed E-state index contributed by atoms with van der Waals surface area (Å²) in [7, 11) is 0. The third-order valence-corrected chi connectivity index (χ3v) is 3.45. The lowest BCUT2D eigenvalue weighted by Crippen LogP contribution is -2.31. The van der Waals surface area contributed by atoms with Crippen molar-refractivity contribution in [3.63, 3.8) is 0 Å². The van der Waals surface area contributed by atoms with E-state index >= 15 is 0 Å². The molecular formula is C17H22N2O2. The van der Waals surface area contributed by atoms with E-state index in [1.807, 2.05) is 46.8 Å². The minimum Gasteiger partial charge on any atom is -0.464 e. The molecule has 0 spiro atoms. The first-order chi connectivity index (χ1) is 9.86. The second kappa shape index (κ2) is 6.04. The van der Waals surface area contributed by atoms with Crippen LogP contribution in [0.15, 0.2) is 28.7 Å². The van der Waals surface area contributed by atoms with Gasteiger partial charge in [-0.25, -0.2) is 4.79 Å². The highest BCUT2D eigenvalue weighted by Gasteiger charge is 2.14. The van der Waals surface area contributed by atoms with Crippen LogP contribution in [0, 0.1) is 27.7 Å². The number of furan rings is 1. The highest BCUT2D eigenvalue weighted by atomic mass is 16.3. The number of carbonyl (C=O) groups is 1. The first-order valence-electron chi connectivity index (χ1n) is 7.08. The molecule has 0 saturated carbocycles. The van der Waals surface area contributed by atoms with E-state index in [4.69, 9.17) is 4.42 Å². The highest BCUT2D eigenvalue weighted by molar-refractivity contribution is 5.91. The summed E-state index contributed by atoms with van der Waals surface area (Å²) >= 11 is 0. The molecular weight excluding hydrogens is 264 g/mol. The molecule has 0 aliphatic heterocycles. The van der Waals surface area contributed by atoms with E-state index in [1.165, 1.54) is 5.56 Å². The Hall–Kier alpha value is -2.23. The number of nitrogens with one attached hydrogen (secondary N) is 2. The zero-order valence-electron chi connectivity index (χ0n) is 13.2. The van der Waals surface area contributed by atoms with Gasteiger partial charge in [0.1, 0.15) is 11.5 Å². The van der Waals surface area contributed by atoms with Gasteiger partial charge < -0.3 is 15.1 Å². The van der Waals surface area contributed by atoms with Crippen molar-refractivity contribution in [3.05, 3.63) is 52.5 Å². The van der Waals surface area contributed by atoms with Crippen molar-refractivity contribution >= 4 is 11.7 Å². The predicted molar refractivity (Wildman–Crippen MR) is 84.7 cm³/mol. The number of rotatable bonds is 3. The summed E-state index contributed by atoms with van der Waals surface area (Å²) in [6.07, 6.45) is 0. The van der Waals surface area contributed by atoms with E-state index in [9.17, 15) is 4.79 Å². The smallest absolute Gasteiger partial charge is 0.319 e. The minimum atomic E-state index is -0.230. The van der Waals surface area contributed by atoms with E-state index in [-0.39, 0.29) is 12.1 Å². The lowest BCUT2D eigenvalue weighted by Gasteiger charge is -2.16. The predicted octanol–water partition coefficient (Wildman–Crippen LogP) is 4.40. The van der Waals surface area contributed by atoms with Crippen LogP contribution in [0.1, 0.15) is 41.2 Å². The van der Waals surface area contributed by atoms with Gasteiger partial charge in [0.25, 0.3) is 0 Å². The SMILES string of the molecule is Cc1cc(C)c(NC(=O)NC(C)c2ccc(C)o2)c(C)c1. The van der Waals surface area contributed by atoms with E-state index in [2.05, 4.69) is 22.8 Å². The number of hydrogen-bond acceptors (Lipinski definition) is 2. The van der Waals surface area contributed by atoms with Crippen LogP contribution in [-0.2, 0) is 0 Å². The van der Waals surface area contributed by atoms with Crippen LogP contribution < -0.4 is 10.6 Å². The molecule has 0 saturated heterocycles. The number of benzene rings is 1. The third-order valence-electron chi connectivity index (χ3n) is 3.45. The molecule has 1 aromatic carbocycles. The fourth-order valence-corrected chi connectivity index (χ4v) is 2.48. The van der Waals surface area contributed by atoms with E-state index in [0.717, 1.165) is 28.3 Å². The van der Waals surface area contributed by atoms with Gasteiger partial charge >= 0.3 is 6.03 Å². The third kappa shape index (κ3) is 3.66. The molecule has 2 rings (SSSR count). The molecule has 4 nitrogen and oxygen atoms in total. The summed E-state index contributed by atoms with van der Waals surface area (Å²) in [6, 6.07) is 7.48. The van der Waals surface area contributed by atoms with Gasteiger partial charge in [-0.2, -0.15) is 0 Å². The molecule has 2 N–H and O–H groups in total. The quantitative estimate of drug-likeness (QED) is 0.878. The second-order valence-electron chi connectivity index (χ2n) is 5.54. The fourth-order valence-electron chi connectivity index (χ4n) is 2.48. The standard InChI is InChI=1S/C17H22N2O2/c1-10-8-11(2)16(12(3)9-10)19-17(20)18-14(5)15-7-6-13(4)21-15/h6-9,14H,1-5H3,(H2,18,19,20). The van der Waals surface area contributed by atoms with Gasteiger partial charge in [-0.3, -0.25) is 0 Å². The van der Waals surface area contributed by atoms with Gasteiger partial charge in [0.05, 0.1) is 6.04 Å². The number of hydrogen-bond donors (Lipinski definition) is 2. The summed E-state index contributed by atoms with van der Waals surface area (Å²) in [4.78, 5) is 12.1. The number of aryl methyl sites for hydroxylation is 4. The Labute approximate surface area is 125 Å². The van der Waals surface area contributed by atoms with E-state index in [1.54, 1.807) is 0 Å². The van der Waals surface area contributed by atoms with E-state index < -0.39 is 0 Å². The molecule has 1 heterocycles. The van der Waals surface area contributed by atoms with Crippen LogP contribution in [0.4, 0.5) is 10.5 Å². The fraction of sp³-hybridized carbons (Fsp3) is 0.353. The lowest BCUT2D eigenvalue weighted by molar-refractivity contribution is 0.247. The number of anilines is 1. The van der Waals surface area contributed by atoms with Crippen LogP contribution >= 0.6 is 0 Å². The highest BCUT2D eigenvalue weighted by Crippen LogP contribution is 2.22. The first-order valence-corrected chi connectivity index (χ1v) is 7.08. The summed E-state index contributed by atoms with van der Waals surface area (Å²) in [5.41, 5.74) is 4.17. The van der Waals surface area contributed by atoms with Crippen molar-refractivity contribution in [2.24, 2.45) is 0 Å². The minimum absolute atomic E-state index is 0.176. The summed E-state index contributed by atoms with van der Waals surface area (Å²) in [6.45, 7) is 9.82. The molecule has 112 valence electrons. The molecule has 1 aromatic heterocycles. The Kier molecular flexibility index (Phi) is 4.36. The van der Waals surface area contributed by atoms with Gasteiger partial charge in [-0.15, -0.1) is 0 Å². The van der Waals surface area contributed by atoms with Crippen LogP contribution in [0.5, 0.6) is 0 Å². The molecule has 1 unspecified atom stereocenters. The molecule has 2 amide bonds. The maximum Gasteiger partial charge on any atom is 0.319 e. The molecule has 1 atom stereocenters. The van der Waals surface area contributed by atoms with Gasteiger partial charge in [0, 0.05) is 5.69 Å². The zero-order chi connectivity index (χ0) is 15.6. The molecule has 0 fully saturated rings. The molecule has 21 heavy (non-hydrogen) atoms. The van der Waals surface area contributed by atoms with Crippen molar-refractivity contribution in [1.29, 1.82) is 0 Å². The maximum atomic E-state index is 12.1. The number of urea groups is 1. The van der Waals surface area contributed by atoms with Crippen molar-refractivity contribution < 1.29 is 9.21 Å². The topological polar surface area (TPSA) is 54.3 Å². The van der Waals surface area contributed by atoms with Gasteiger partial charge in [-0.1, -0.05) is 17.7 Å². The Morgan fingerprint density at radius 1 is 1.10 bits per heavy atom. The average Bonchev–Trinajstić information content (AvgIpc) is 2.80. The van der Waals surface area contributed by atoms with Crippen molar-refractivity contribution in [1.82, 2.24) is 5.32 Å².